The van der Waals surface area contributed by atoms with Crippen LogP contribution in [-0.2, 0) is 14.8 Å². The summed E-state index contributed by atoms with van der Waals surface area (Å²) in [6, 6.07) is 14.3. The predicted molar refractivity (Wildman–Crippen MR) is 99.6 cm³/mol. The number of hydrogen-bond acceptors (Lipinski definition) is 4. The summed E-state index contributed by atoms with van der Waals surface area (Å²) in [7, 11) is -2.01. The topological polar surface area (TPSA) is 84.5 Å². The fourth-order valence-corrected chi connectivity index (χ4v) is 3.11. The third-order valence-electron chi connectivity index (χ3n) is 3.69. The highest BCUT2D eigenvalue weighted by Gasteiger charge is 2.19. The largest absolute Gasteiger partial charge is 0.495 e. The molecular formula is C18H22N2O4S. The quantitative estimate of drug-likeness (QED) is 0.792. The summed E-state index contributed by atoms with van der Waals surface area (Å²) < 4.78 is 30.5. The van der Waals surface area contributed by atoms with Gasteiger partial charge in [-0.1, -0.05) is 37.3 Å². The summed E-state index contributed by atoms with van der Waals surface area (Å²) in [6.07, 6.45) is 1.71. The molecule has 0 aliphatic carbocycles. The summed E-state index contributed by atoms with van der Waals surface area (Å²) in [5.74, 6) is -0.0580. The number of sulfonamides is 1. The van der Waals surface area contributed by atoms with Crippen LogP contribution in [0.3, 0.4) is 0 Å². The summed E-state index contributed by atoms with van der Waals surface area (Å²) in [5.41, 5.74) is 1.70. The van der Waals surface area contributed by atoms with Crippen LogP contribution in [0.5, 0.6) is 5.75 Å². The van der Waals surface area contributed by atoms with Crippen LogP contribution in [0.1, 0.15) is 24.8 Å². The predicted octanol–water partition coefficient (Wildman–Crippen LogP) is 3.20. The molecule has 0 unspecified atom stereocenters. The van der Waals surface area contributed by atoms with Crippen LogP contribution in [0.2, 0.25) is 0 Å². The van der Waals surface area contributed by atoms with E-state index in [0.29, 0.717) is 17.9 Å². The maximum absolute atomic E-state index is 12.6. The summed E-state index contributed by atoms with van der Waals surface area (Å²) in [6.45, 7) is 1.95. The van der Waals surface area contributed by atoms with Gasteiger partial charge in [0.05, 0.1) is 25.0 Å². The minimum atomic E-state index is -3.46. The number of carbonyl (C=O) groups is 1. The van der Waals surface area contributed by atoms with Gasteiger partial charge in [-0.3, -0.25) is 9.52 Å². The molecule has 2 aromatic carbocycles. The van der Waals surface area contributed by atoms with Gasteiger partial charge in [0.25, 0.3) is 0 Å². The number of hydrogen-bond donors (Lipinski definition) is 2. The van der Waals surface area contributed by atoms with Crippen molar-refractivity contribution in [2.45, 2.75) is 19.3 Å². The number of benzene rings is 2. The SMILES string of the molecule is CC[C@H](C(=O)Nc1ccc(OC)c(NS(C)(=O)=O)c1)c1ccccc1. The lowest BCUT2D eigenvalue weighted by Crippen LogP contribution is -2.21. The highest BCUT2D eigenvalue weighted by molar-refractivity contribution is 7.92. The summed E-state index contributed by atoms with van der Waals surface area (Å²) >= 11 is 0. The lowest BCUT2D eigenvalue weighted by molar-refractivity contribution is -0.117. The number of ether oxygens (including phenoxy) is 1. The third-order valence-corrected chi connectivity index (χ3v) is 4.28. The Morgan fingerprint density at radius 1 is 1.16 bits per heavy atom. The average molecular weight is 362 g/mol. The van der Waals surface area contributed by atoms with E-state index in [0.717, 1.165) is 11.8 Å². The van der Waals surface area contributed by atoms with E-state index in [4.69, 9.17) is 4.74 Å². The zero-order valence-electron chi connectivity index (χ0n) is 14.4. The van der Waals surface area contributed by atoms with Crippen molar-refractivity contribution in [2.24, 2.45) is 0 Å². The van der Waals surface area contributed by atoms with E-state index in [9.17, 15) is 13.2 Å². The number of nitrogens with one attached hydrogen (secondary N) is 2. The minimum absolute atomic E-state index is 0.149. The van der Waals surface area contributed by atoms with Crippen LogP contribution in [0, 0.1) is 0 Å². The molecule has 2 aromatic rings. The Bertz CT molecular complexity index is 835. The Morgan fingerprint density at radius 3 is 2.40 bits per heavy atom. The molecule has 0 aromatic heterocycles. The van der Waals surface area contributed by atoms with Crippen LogP contribution in [0.4, 0.5) is 11.4 Å². The van der Waals surface area contributed by atoms with E-state index >= 15 is 0 Å². The van der Waals surface area contributed by atoms with Crippen molar-refractivity contribution < 1.29 is 17.9 Å². The molecular weight excluding hydrogens is 340 g/mol. The summed E-state index contributed by atoms with van der Waals surface area (Å²) in [4.78, 5) is 12.6. The highest BCUT2D eigenvalue weighted by atomic mass is 32.2. The molecule has 0 saturated heterocycles. The molecule has 134 valence electrons. The molecule has 0 radical (unpaired) electrons. The maximum atomic E-state index is 12.6. The fraction of sp³-hybridized carbons (Fsp3) is 0.278. The second-order valence-corrected chi connectivity index (χ2v) is 7.40. The molecule has 25 heavy (non-hydrogen) atoms. The van der Waals surface area contributed by atoms with Gasteiger partial charge in [0.2, 0.25) is 15.9 Å². The van der Waals surface area contributed by atoms with Crippen molar-refractivity contribution in [3.05, 3.63) is 54.1 Å². The van der Waals surface area contributed by atoms with Gasteiger partial charge in [0, 0.05) is 5.69 Å². The molecule has 0 fully saturated rings. The van der Waals surface area contributed by atoms with Gasteiger partial charge in [-0.25, -0.2) is 8.42 Å². The molecule has 2 rings (SSSR count). The lowest BCUT2D eigenvalue weighted by Gasteiger charge is -2.17. The first-order chi connectivity index (χ1) is 11.8. The molecule has 0 aliphatic rings. The van der Waals surface area contributed by atoms with Crippen molar-refractivity contribution in [1.82, 2.24) is 0 Å². The van der Waals surface area contributed by atoms with Crippen LogP contribution in [0.25, 0.3) is 0 Å². The van der Waals surface area contributed by atoms with Crippen LogP contribution in [-0.4, -0.2) is 27.7 Å². The van der Waals surface area contributed by atoms with Gasteiger partial charge in [0.15, 0.2) is 0 Å². The number of anilines is 2. The molecule has 0 saturated carbocycles. The monoisotopic (exact) mass is 362 g/mol. The first-order valence-corrected chi connectivity index (χ1v) is 9.75. The number of methoxy groups -OCH3 is 1. The van der Waals surface area contributed by atoms with Gasteiger partial charge in [0.1, 0.15) is 5.75 Å². The van der Waals surface area contributed by atoms with Gasteiger partial charge >= 0.3 is 0 Å². The van der Waals surface area contributed by atoms with Crippen molar-refractivity contribution in [3.63, 3.8) is 0 Å². The molecule has 2 N–H and O–H groups in total. The van der Waals surface area contributed by atoms with Crippen LogP contribution < -0.4 is 14.8 Å². The highest BCUT2D eigenvalue weighted by Crippen LogP contribution is 2.29. The zero-order chi connectivity index (χ0) is 18.4. The van der Waals surface area contributed by atoms with E-state index in [2.05, 4.69) is 10.0 Å². The smallest absolute Gasteiger partial charge is 0.231 e. The first-order valence-electron chi connectivity index (χ1n) is 7.85. The molecule has 0 aliphatic heterocycles. The Labute approximate surface area is 148 Å². The van der Waals surface area contributed by atoms with E-state index in [-0.39, 0.29) is 17.5 Å². The first kappa shape index (κ1) is 18.8. The fourth-order valence-electron chi connectivity index (χ4n) is 2.55. The Morgan fingerprint density at radius 2 is 1.84 bits per heavy atom. The second-order valence-electron chi connectivity index (χ2n) is 5.65. The van der Waals surface area contributed by atoms with Crippen molar-refractivity contribution >= 4 is 27.3 Å². The molecule has 1 amide bonds. The third kappa shape index (κ3) is 5.22. The zero-order valence-corrected chi connectivity index (χ0v) is 15.3. The van der Waals surface area contributed by atoms with E-state index in [1.54, 1.807) is 12.1 Å². The number of amides is 1. The van der Waals surface area contributed by atoms with E-state index < -0.39 is 10.0 Å². The maximum Gasteiger partial charge on any atom is 0.231 e. The molecule has 6 nitrogen and oxygen atoms in total. The van der Waals surface area contributed by atoms with Crippen LogP contribution >= 0.6 is 0 Å². The Balaban J connectivity index is 2.24. The Hall–Kier alpha value is -2.54. The van der Waals surface area contributed by atoms with Gasteiger partial charge in [-0.2, -0.15) is 0 Å². The standard InChI is InChI=1S/C18H22N2O4S/c1-4-15(13-8-6-5-7-9-13)18(21)19-14-10-11-17(24-2)16(12-14)20-25(3,22)23/h5-12,15,20H,4H2,1-3H3,(H,19,21)/t15-/m0/s1. The summed E-state index contributed by atoms with van der Waals surface area (Å²) in [5, 5.41) is 2.84. The van der Waals surface area contributed by atoms with Gasteiger partial charge < -0.3 is 10.1 Å². The normalized spacial score (nSPS) is 12.3. The van der Waals surface area contributed by atoms with Gasteiger partial charge in [-0.15, -0.1) is 0 Å². The van der Waals surface area contributed by atoms with Crippen molar-refractivity contribution in [3.8, 4) is 5.75 Å². The molecule has 7 heteroatoms. The minimum Gasteiger partial charge on any atom is -0.495 e. The van der Waals surface area contributed by atoms with Gasteiger partial charge in [-0.05, 0) is 30.2 Å². The van der Waals surface area contributed by atoms with Crippen LogP contribution in [0.15, 0.2) is 48.5 Å². The molecule has 0 heterocycles. The second kappa shape index (κ2) is 8.02. The molecule has 1 atom stereocenters. The molecule has 0 bridgehead atoms. The van der Waals surface area contributed by atoms with E-state index in [1.165, 1.54) is 13.2 Å². The van der Waals surface area contributed by atoms with Crippen molar-refractivity contribution in [1.29, 1.82) is 0 Å². The number of rotatable bonds is 7. The number of carbonyl (C=O) groups excluding carboxylic acids is 1. The average Bonchev–Trinajstić information content (AvgIpc) is 2.55. The van der Waals surface area contributed by atoms with E-state index in [1.807, 2.05) is 37.3 Å². The Kier molecular flexibility index (Phi) is 6.03. The lowest BCUT2D eigenvalue weighted by atomic mass is 9.95. The molecule has 0 spiro atoms. The van der Waals surface area contributed by atoms with Crippen molar-refractivity contribution in [2.75, 3.05) is 23.4 Å².